The van der Waals surface area contributed by atoms with E-state index >= 15 is 0 Å². The summed E-state index contributed by atoms with van der Waals surface area (Å²) in [5.74, 6) is 1.17. The number of benzene rings is 1. The fraction of sp³-hybridized carbons (Fsp3) is 0.353. The number of carbonyl (C=O) groups excluding carboxylic acids is 1. The van der Waals surface area contributed by atoms with Crippen molar-refractivity contribution in [3.05, 3.63) is 46.9 Å². The first kappa shape index (κ1) is 17.7. The minimum absolute atomic E-state index is 0.226. The van der Waals surface area contributed by atoms with Gasteiger partial charge in [0.1, 0.15) is 12.4 Å². The van der Waals surface area contributed by atoms with Crippen LogP contribution in [0.25, 0.3) is 0 Å². The first-order valence-corrected chi connectivity index (χ1v) is 7.42. The Kier molecular flexibility index (Phi) is 5.70. The number of ether oxygens (including phenoxy) is 2. The lowest BCUT2D eigenvalue weighted by molar-refractivity contribution is 0.115. The number of anilines is 1. The standard InChI is InChI=1S/C17H21N3O4/c1-11-12(2)18-13(3)19-16(11)24-10-14-8-6-7-9-15(14)20(23-5)17(21)22-4/h6-9H,10H2,1-5H3. The van der Waals surface area contributed by atoms with Gasteiger partial charge in [-0.25, -0.2) is 9.78 Å². The van der Waals surface area contributed by atoms with Gasteiger partial charge in [0.25, 0.3) is 0 Å². The smallest absolute Gasteiger partial charge is 0.438 e. The molecule has 1 aromatic carbocycles. The van der Waals surface area contributed by atoms with Crippen LogP contribution in [-0.4, -0.2) is 30.3 Å². The van der Waals surface area contributed by atoms with Crippen LogP contribution in [0.4, 0.5) is 10.5 Å². The van der Waals surface area contributed by atoms with Crippen molar-refractivity contribution in [1.82, 2.24) is 9.97 Å². The number of methoxy groups -OCH3 is 1. The van der Waals surface area contributed by atoms with Crippen molar-refractivity contribution >= 4 is 11.8 Å². The number of amides is 1. The molecule has 0 aliphatic rings. The van der Waals surface area contributed by atoms with Gasteiger partial charge in [0.2, 0.25) is 5.88 Å². The first-order valence-electron chi connectivity index (χ1n) is 7.42. The number of hydroxylamine groups is 1. The molecular weight excluding hydrogens is 310 g/mol. The fourth-order valence-electron chi connectivity index (χ4n) is 2.21. The van der Waals surface area contributed by atoms with Crippen molar-refractivity contribution in [2.75, 3.05) is 19.3 Å². The molecule has 0 unspecified atom stereocenters. The summed E-state index contributed by atoms with van der Waals surface area (Å²) in [5.41, 5.74) is 3.07. The Balaban J connectivity index is 2.27. The molecule has 0 atom stereocenters. The zero-order valence-corrected chi connectivity index (χ0v) is 14.5. The summed E-state index contributed by atoms with van der Waals surface area (Å²) < 4.78 is 10.6. The summed E-state index contributed by atoms with van der Waals surface area (Å²) >= 11 is 0. The van der Waals surface area contributed by atoms with Gasteiger partial charge in [-0.1, -0.05) is 18.2 Å². The average Bonchev–Trinajstić information content (AvgIpc) is 2.58. The first-order chi connectivity index (χ1) is 11.5. The molecular formula is C17H21N3O4. The molecule has 7 heteroatoms. The minimum Gasteiger partial charge on any atom is -0.472 e. The van der Waals surface area contributed by atoms with Gasteiger partial charge in [-0.2, -0.15) is 10.0 Å². The largest absolute Gasteiger partial charge is 0.472 e. The van der Waals surface area contributed by atoms with Crippen LogP contribution in [0.3, 0.4) is 0 Å². The maximum atomic E-state index is 11.8. The third-order valence-electron chi connectivity index (χ3n) is 3.55. The fourth-order valence-corrected chi connectivity index (χ4v) is 2.21. The second-order valence-electron chi connectivity index (χ2n) is 5.15. The van der Waals surface area contributed by atoms with Crippen LogP contribution in [0.15, 0.2) is 24.3 Å². The summed E-state index contributed by atoms with van der Waals surface area (Å²) in [6.07, 6.45) is -0.616. The number of hydrogen-bond acceptors (Lipinski definition) is 6. The Morgan fingerprint density at radius 2 is 1.83 bits per heavy atom. The molecule has 1 aromatic heterocycles. The molecule has 0 N–H and O–H groups in total. The number of aryl methyl sites for hydroxylation is 2. The number of rotatable bonds is 5. The Morgan fingerprint density at radius 1 is 1.12 bits per heavy atom. The maximum Gasteiger partial charge on any atom is 0.438 e. The number of carbonyl (C=O) groups is 1. The highest BCUT2D eigenvalue weighted by atomic mass is 16.7. The summed E-state index contributed by atoms with van der Waals surface area (Å²) in [4.78, 5) is 25.6. The number of nitrogens with zero attached hydrogens (tertiary/aromatic N) is 3. The number of aromatic nitrogens is 2. The Hall–Kier alpha value is -2.67. The van der Waals surface area contributed by atoms with Crippen molar-refractivity contribution in [2.45, 2.75) is 27.4 Å². The number of hydrogen-bond donors (Lipinski definition) is 0. The van der Waals surface area contributed by atoms with E-state index in [9.17, 15) is 4.79 Å². The minimum atomic E-state index is -0.616. The predicted molar refractivity (Wildman–Crippen MR) is 88.9 cm³/mol. The van der Waals surface area contributed by atoms with E-state index in [4.69, 9.17) is 14.3 Å². The van der Waals surface area contributed by atoms with E-state index < -0.39 is 6.09 Å². The molecule has 2 rings (SSSR count). The van der Waals surface area contributed by atoms with Crippen LogP contribution < -0.4 is 9.80 Å². The Morgan fingerprint density at radius 3 is 2.50 bits per heavy atom. The molecule has 24 heavy (non-hydrogen) atoms. The summed E-state index contributed by atoms with van der Waals surface area (Å²) in [6.45, 7) is 5.86. The van der Waals surface area contributed by atoms with E-state index in [2.05, 4.69) is 9.97 Å². The van der Waals surface area contributed by atoms with Gasteiger partial charge in [0, 0.05) is 16.8 Å². The van der Waals surface area contributed by atoms with Crippen LogP contribution in [0.2, 0.25) is 0 Å². The van der Waals surface area contributed by atoms with Gasteiger partial charge in [-0.05, 0) is 26.8 Å². The second-order valence-corrected chi connectivity index (χ2v) is 5.15. The third-order valence-corrected chi connectivity index (χ3v) is 3.55. The molecule has 7 nitrogen and oxygen atoms in total. The lowest BCUT2D eigenvalue weighted by Gasteiger charge is -2.21. The van der Waals surface area contributed by atoms with Gasteiger partial charge < -0.3 is 9.47 Å². The topological polar surface area (TPSA) is 73.8 Å². The molecule has 0 bridgehead atoms. The highest BCUT2D eigenvalue weighted by Gasteiger charge is 2.19. The van der Waals surface area contributed by atoms with Gasteiger partial charge >= 0.3 is 6.09 Å². The lowest BCUT2D eigenvalue weighted by Crippen LogP contribution is -2.30. The Bertz CT molecular complexity index is 734. The SMILES string of the molecule is COC(=O)N(OC)c1ccccc1COc1nc(C)nc(C)c1C. The molecule has 0 spiro atoms. The van der Waals surface area contributed by atoms with E-state index in [0.717, 1.165) is 21.9 Å². The molecule has 0 radical (unpaired) electrons. The van der Waals surface area contributed by atoms with Crippen molar-refractivity contribution in [3.8, 4) is 5.88 Å². The predicted octanol–water partition coefficient (Wildman–Crippen LogP) is 3.12. The van der Waals surface area contributed by atoms with E-state index in [1.54, 1.807) is 12.1 Å². The van der Waals surface area contributed by atoms with Crippen molar-refractivity contribution in [2.24, 2.45) is 0 Å². The zero-order valence-electron chi connectivity index (χ0n) is 14.5. The molecule has 2 aromatic rings. The number of para-hydroxylation sites is 1. The molecule has 128 valence electrons. The van der Waals surface area contributed by atoms with Crippen LogP contribution in [0, 0.1) is 20.8 Å². The summed E-state index contributed by atoms with van der Waals surface area (Å²) in [7, 11) is 2.69. The highest BCUT2D eigenvalue weighted by molar-refractivity contribution is 5.86. The van der Waals surface area contributed by atoms with Crippen LogP contribution in [0.5, 0.6) is 5.88 Å². The molecule has 0 fully saturated rings. The average molecular weight is 331 g/mol. The zero-order chi connectivity index (χ0) is 17.7. The highest BCUT2D eigenvalue weighted by Crippen LogP contribution is 2.24. The Labute approximate surface area is 141 Å². The maximum absolute atomic E-state index is 11.8. The second kappa shape index (κ2) is 7.74. The summed E-state index contributed by atoms with van der Waals surface area (Å²) in [6, 6.07) is 7.26. The van der Waals surface area contributed by atoms with E-state index in [0.29, 0.717) is 17.4 Å². The van der Waals surface area contributed by atoms with Crippen molar-refractivity contribution in [3.63, 3.8) is 0 Å². The van der Waals surface area contributed by atoms with Crippen LogP contribution in [-0.2, 0) is 16.2 Å². The molecule has 0 aliphatic heterocycles. The third kappa shape index (κ3) is 3.80. The molecule has 1 amide bonds. The van der Waals surface area contributed by atoms with Gasteiger partial charge in [-0.3, -0.25) is 4.84 Å². The quantitative estimate of drug-likeness (QED) is 0.784. The van der Waals surface area contributed by atoms with Gasteiger partial charge in [-0.15, -0.1) is 0 Å². The monoisotopic (exact) mass is 331 g/mol. The lowest BCUT2D eigenvalue weighted by atomic mass is 10.2. The van der Waals surface area contributed by atoms with Gasteiger partial charge in [0.05, 0.1) is 19.9 Å². The normalized spacial score (nSPS) is 10.4. The summed E-state index contributed by atoms with van der Waals surface area (Å²) in [5, 5.41) is 1.07. The molecule has 0 saturated heterocycles. The van der Waals surface area contributed by atoms with E-state index in [-0.39, 0.29) is 6.61 Å². The van der Waals surface area contributed by atoms with Crippen molar-refractivity contribution in [1.29, 1.82) is 0 Å². The van der Waals surface area contributed by atoms with Crippen LogP contribution >= 0.6 is 0 Å². The van der Waals surface area contributed by atoms with E-state index in [1.807, 2.05) is 32.9 Å². The molecule has 0 saturated carbocycles. The van der Waals surface area contributed by atoms with Crippen molar-refractivity contribution < 1.29 is 19.1 Å². The van der Waals surface area contributed by atoms with Crippen LogP contribution in [0.1, 0.15) is 22.6 Å². The van der Waals surface area contributed by atoms with E-state index in [1.165, 1.54) is 14.2 Å². The molecule has 0 aliphatic carbocycles. The van der Waals surface area contributed by atoms with Gasteiger partial charge in [0.15, 0.2) is 0 Å². The molecule has 1 heterocycles.